The zero-order valence-electron chi connectivity index (χ0n) is 13.1. The number of nitrogens with zero attached hydrogens (tertiary/aromatic N) is 3. The molecule has 0 aliphatic rings. The Balaban J connectivity index is 2.13. The number of carbonyl (C=O) groups is 1. The lowest BCUT2D eigenvalue weighted by atomic mass is 10.2. The standard InChI is InChI=1S/C16H15N3O3S2/c1-10-6-7-23-14(10)15-17-18-16(24-9-13(20)21)19(15)11-4-3-5-12(8-11)22-2/h3-8H,9H2,1-2H3,(H,20,21). The van der Waals surface area contributed by atoms with E-state index in [1.807, 2.05) is 47.2 Å². The molecule has 124 valence electrons. The predicted octanol–water partition coefficient (Wildman–Crippen LogP) is 3.49. The van der Waals surface area contributed by atoms with Crippen molar-refractivity contribution in [2.75, 3.05) is 12.9 Å². The van der Waals surface area contributed by atoms with E-state index in [9.17, 15) is 4.79 Å². The number of benzene rings is 1. The molecule has 0 saturated carbocycles. The molecule has 0 atom stereocenters. The molecule has 2 aromatic heterocycles. The van der Waals surface area contributed by atoms with E-state index < -0.39 is 5.97 Å². The first kappa shape index (κ1) is 16.5. The molecule has 2 heterocycles. The third kappa shape index (κ3) is 3.29. The summed E-state index contributed by atoms with van der Waals surface area (Å²) in [7, 11) is 1.61. The van der Waals surface area contributed by atoms with Crippen molar-refractivity contribution < 1.29 is 14.6 Å². The number of aromatic nitrogens is 3. The van der Waals surface area contributed by atoms with Gasteiger partial charge in [0.25, 0.3) is 0 Å². The fourth-order valence-electron chi connectivity index (χ4n) is 2.22. The second-order valence-electron chi connectivity index (χ2n) is 4.96. The van der Waals surface area contributed by atoms with Crippen LogP contribution in [0.5, 0.6) is 5.75 Å². The van der Waals surface area contributed by atoms with Crippen molar-refractivity contribution in [3.05, 3.63) is 41.3 Å². The summed E-state index contributed by atoms with van der Waals surface area (Å²) < 4.78 is 7.16. The van der Waals surface area contributed by atoms with Gasteiger partial charge in [0, 0.05) is 6.07 Å². The number of aryl methyl sites for hydroxylation is 1. The lowest BCUT2D eigenvalue weighted by Gasteiger charge is -2.11. The monoisotopic (exact) mass is 361 g/mol. The van der Waals surface area contributed by atoms with Crippen LogP contribution in [0, 0.1) is 6.92 Å². The molecular weight excluding hydrogens is 346 g/mol. The molecule has 0 aliphatic heterocycles. The summed E-state index contributed by atoms with van der Waals surface area (Å²) >= 11 is 2.72. The number of carboxylic acid groups (broad SMARTS) is 1. The van der Waals surface area contributed by atoms with E-state index in [1.165, 1.54) is 0 Å². The third-order valence-corrected chi connectivity index (χ3v) is 5.26. The summed E-state index contributed by atoms with van der Waals surface area (Å²) in [6.07, 6.45) is 0. The Hall–Kier alpha value is -2.32. The van der Waals surface area contributed by atoms with Gasteiger partial charge in [-0.3, -0.25) is 9.36 Å². The molecular formula is C16H15N3O3S2. The van der Waals surface area contributed by atoms with Gasteiger partial charge < -0.3 is 9.84 Å². The SMILES string of the molecule is COc1cccc(-n2c(SCC(=O)O)nnc2-c2sccc2C)c1. The maximum Gasteiger partial charge on any atom is 0.313 e. The van der Waals surface area contributed by atoms with Crippen molar-refractivity contribution in [2.24, 2.45) is 0 Å². The highest BCUT2D eigenvalue weighted by atomic mass is 32.2. The van der Waals surface area contributed by atoms with Gasteiger partial charge in [-0.25, -0.2) is 0 Å². The van der Waals surface area contributed by atoms with Crippen LogP contribution in [0.15, 0.2) is 40.9 Å². The van der Waals surface area contributed by atoms with E-state index in [1.54, 1.807) is 18.4 Å². The number of thioether (sulfide) groups is 1. The Morgan fingerprint density at radius 2 is 2.21 bits per heavy atom. The molecule has 0 unspecified atom stereocenters. The van der Waals surface area contributed by atoms with Crippen molar-refractivity contribution in [1.82, 2.24) is 14.8 Å². The van der Waals surface area contributed by atoms with Gasteiger partial charge in [0.1, 0.15) is 5.75 Å². The highest BCUT2D eigenvalue weighted by Gasteiger charge is 2.19. The van der Waals surface area contributed by atoms with Gasteiger partial charge in [0.15, 0.2) is 11.0 Å². The van der Waals surface area contributed by atoms with Crippen molar-refractivity contribution >= 4 is 29.1 Å². The molecule has 0 bridgehead atoms. The van der Waals surface area contributed by atoms with Crippen LogP contribution < -0.4 is 4.74 Å². The molecule has 6 nitrogen and oxygen atoms in total. The molecule has 0 saturated heterocycles. The van der Waals surface area contributed by atoms with Crippen LogP contribution in [-0.2, 0) is 4.79 Å². The molecule has 3 aromatic rings. The van der Waals surface area contributed by atoms with Gasteiger partial charge in [0.05, 0.1) is 23.4 Å². The second kappa shape index (κ2) is 7.06. The molecule has 0 fully saturated rings. The van der Waals surface area contributed by atoms with Crippen LogP contribution in [0.25, 0.3) is 16.4 Å². The van der Waals surface area contributed by atoms with E-state index in [0.717, 1.165) is 27.9 Å². The average molecular weight is 361 g/mol. The number of methoxy groups -OCH3 is 1. The Labute approximate surface area is 147 Å². The van der Waals surface area contributed by atoms with Gasteiger partial charge in [-0.15, -0.1) is 21.5 Å². The first-order valence-electron chi connectivity index (χ1n) is 7.09. The highest BCUT2D eigenvalue weighted by molar-refractivity contribution is 7.99. The fourth-order valence-corrected chi connectivity index (χ4v) is 3.79. The van der Waals surface area contributed by atoms with E-state index >= 15 is 0 Å². The minimum Gasteiger partial charge on any atom is -0.497 e. The van der Waals surface area contributed by atoms with Gasteiger partial charge >= 0.3 is 5.97 Å². The smallest absolute Gasteiger partial charge is 0.313 e. The van der Waals surface area contributed by atoms with Gasteiger partial charge in [0.2, 0.25) is 0 Å². The zero-order chi connectivity index (χ0) is 17.1. The average Bonchev–Trinajstić information content (AvgIpc) is 3.18. The summed E-state index contributed by atoms with van der Waals surface area (Å²) in [4.78, 5) is 11.9. The predicted molar refractivity (Wildman–Crippen MR) is 94.3 cm³/mol. The van der Waals surface area contributed by atoms with E-state index in [0.29, 0.717) is 16.7 Å². The first-order chi connectivity index (χ1) is 11.6. The summed E-state index contributed by atoms with van der Waals surface area (Å²) in [6, 6.07) is 9.55. The normalized spacial score (nSPS) is 10.8. The Morgan fingerprint density at radius 1 is 1.38 bits per heavy atom. The number of rotatable bonds is 6. The van der Waals surface area contributed by atoms with Gasteiger partial charge in [-0.05, 0) is 36.1 Å². The Bertz CT molecular complexity index is 873. The van der Waals surface area contributed by atoms with Crippen molar-refractivity contribution in [1.29, 1.82) is 0 Å². The summed E-state index contributed by atoms with van der Waals surface area (Å²) in [5, 5.41) is 20.0. The van der Waals surface area contributed by atoms with Crippen LogP contribution in [0.2, 0.25) is 0 Å². The molecule has 24 heavy (non-hydrogen) atoms. The molecule has 8 heteroatoms. The van der Waals surface area contributed by atoms with Crippen LogP contribution in [0.3, 0.4) is 0 Å². The second-order valence-corrected chi connectivity index (χ2v) is 6.82. The fraction of sp³-hybridized carbons (Fsp3) is 0.188. The topological polar surface area (TPSA) is 77.2 Å². The van der Waals surface area contributed by atoms with E-state index in [-0.39, 0.29) is 5.75 Å². The van der Waals surface area contributed by atoms with Crippen LogP contribution in [0.4, 0.5) is 0 Å². The molecule has 1 N–H and O–H groups in total. The Kier molecular flexibility index (Phi) is 4.86. The number of aliphatic carboxylic acids is 1. The lowest BCUT2D eigenvalue weighted by molar-refractivity contribution is -0.133. The van der Waals surface area contributed by atoms with Crippen LogP contribution >= 0.6 is 23.1 Å². The first-order valence-corrected chi connectivity index (χ1v) is 8.95. The van der Waals surface area contributed by atoms with Gasteiger partial charge in [-0.2, -0.15) is 0 Å². The summed E-state index contributed by atoms with van der Waals surface area (Å²) in [5.74, 6) is 0.438. The summed E-state index contributed by atoms with van der Waals surface area (Å²) in [5.41, 5.74) is 1.93. The number of hydrogen-bond donors (Lipinski definition) is 1. The van der Waals surface area contributed by atoms with Crippen LogP contribution in [-0.4, -0.2) is 38.7 Å². The van der Waals surface area contributed by atoms with Crippen LogP contribution in [0.1, 0.15) is 5.56 Å². The zero-order valence-corrected chi connectivity index (χ0v) is 14.7. The van der Waals surface area contributed by atoms with Crippen molar-refractivity contribution in [2.45, 2.75) is 12.1 Å². The molecule has 1 aromatic carbocycles. The maximum atomic E-state index is 10.9. The molecule has 0 radical (unpaired) electrons. The largest absolute Gasteiger partial charge is 0.497 e. The highest BCUT2D eigenvalue weighted by Crippen LogP contribution is 2.33. The van der Waals surface area contributed by atoms with E-state index in [2.05, 4.69) is 10.2 Å². The van der Waals surface area contributed by atoms with Crippen molar-refractivity contribution in [3.8, 4) is 22.1 Å². The molecule has 3 rings (SSSR count). The van der Waals surface area contributed by atoms with E-state index in [4.69, 9.17) is 9.84 Å². The lowest BCUT2D eigenvalue weighted by Crippen LogP contribution is -2.03. The summed E-state index contributed by atoms with van der Waals surface area (Å²) in [6.45, 7) is 2.01. The van der Waals surface area contributed by atoms with Gasteiger partial charge in [-0.1, -0.05) is 17.8 Å². The van der Waals surface area contributed by atoms with Crippen molar-refractivity contribution in [3.63, 3.8) is 0 Å². The number of carboxylic acids is 1. The molecule has 0 aliphatic carbocycles. The minimum atomic E-state index is -0.894. The maximum absolute atomic E-state index is 10.9. The molecule has 0 spiro atoms. The third-order valence-electron chi connectivity index (χ3n) is 3.33. The quantitative estimate of drug-likeness (QED) is 0.677. The number of hydrogen-bond acceptors (Lipinski definition) is 6. The minimum absolute atomic E-state index is 0.0779. The molecule has 0 amide bonds. The Morgan fingerprint density at radius 3 is 2.88 bits per heavy atom. The number of ether oxygens (including phenoxy) is 1. The number of thiophene rings is 1.